The van der Waals surface area contributed by atoms with E-state index < -0.39 is 0 Å². The zero-order valence-corrected chi connectivity index (χ0v) is 14.2. The summed E-state index contributed by atoms with van der Waals surface area (Å²) in [5, 5.41) is 2.17. The molecular formula is C17H12Br2FN. The van der Waals surface area contributed by atoms with Crippen LogP contribution in [0.1, 0.15) is 17.2 Å². The minimum atomic E-state index is -0.380. The van der Waals surface area contributed by atoms with Gasteiger partial charge in [0.05, 0.1) is 6.04 Å². The van der Waals surface area contributed by atoms with E-state index in [4.69, 9.17) is 5.73 Å². The number of rotatable bonds is 2. The van der Waals surface area contributed by atoms with Crippen molar-refractivity contribution in [3.63, 3.8) is 0 Å². The molecule has 0 radical (unpaired) electrons. The highest BCUT2D eigenvalue weighted by Gasteiger charge is 2.14. The molecule has 0 aliphatic heterocycles. The molecule has 0 fully saturated rings. The fourth-order valence-electron chi connectivity index (χ4n) is 2.49. The topological polar surface area (TPSA) is 26.0 Å². The zero-order valence-electron chi connectivity index (χ0n) is 11.0. The molecule has 1 nitrogen and oxygen atoms in total. The molecule has 106 valence electrons. The number of benzene rings is 3. The van der Waals surface area contributed by atoms with E-state index in [0.29, 0.717) is 4.47 Å². The quantitative estimate of drug-likeness (QED) is 0.590. The third kappa shape index (κ3) is 2.89. The van der Waals surface area contributed by atoms with E-state index in [2.05, 4.69) is 31.9 Å². The van der Waals surface area contributed by atoms with E-state index >= 15 is 0 Å². The standard InChI is InChI=1S/C17H12Br2FN/c18-11-7-10(8-12(20)9-11)17(21)15-5-6-16(19)14-4-2-1-3-13(14)15/h1-9,17H,21H2. The maximum Gasteiger partial charge on any atom is 0.124 e. The van der Waals surface area contributed by atoms with E-state index in [9.17, 15) is 4.39 Å². The van der Waals surface area contributed by atoms with Crippen LogP contribution >= 0.6 is 31.9 Å². The van der Waals surface area contributed by atoms with Crippen molar-refractivity contribution in [1.82, 2.24) is 0 Å². The van der Waals surface area contributed by atoms with Gasteiger partial charge < -0.3 is 5.73 Å². The molecule has 0 heterocycles. The van der Waals surface area contributed by atoms with E-state index in [1.807, 2.05) is 42.5 Å². The highest BCUT2D eigenvalue weighted by atomic mass is 79.9. The molecule has 0 spiro atoms. The number of halogens is 3. The Morgan fingerprint density at radius 2 is 1.62 bits per heavy atom. The molecule has 0 aliphatic carbocycles. The molecule has 3 aromatic rings. The van der Waals surface area contributed by atoms with Crippen LogP contribution in [0.25, 0.3) is 10.8 Å². The summed E-state index contributed by atoms with van der Waals surface area (Å²) in [5.41, 5.74) is 8.09. The summed E-state index contributed by atoms with van der Waals surface area (Å²) in [6.45, 7) is 0. The average molecular weight is 409 g/mol. The summed E-state index contributed by atoms with van der Waals surface area (Å²) in [6, 6.07) is 16.4. The minimum absolute atomic E-state index is 0.295. The van der Waals surface area contributed by atoms with Crippen molar-refractivity contribution >= 4 is 42.6 Å². The van der Waals surface area contributed by atoms with E-state index in [0.717, 1.165) is 26.4 Å². The normalized spacial score (nSPS) is 12.6. The highest BCUT2D eigenvalue weighted by Crippen LogP contribution is 2.32. The summed E-state index contributed by atoms with van der Waals surface area (Å²) in [4.78, 5) is 0. The first-order valence-electron chi connectivity index (χ1n) is 6.45. The molecule has 0 aromatic heterocycles. The van der Waals surface area contributed by atoms with Gasteiger partial charge in [0.1, 0.15) is 5.82 Å². The smallest absolute Gasteiger partial charge is 0.124 e. The number of fused-ring (bicyclic) bond motifs is 1. The number of hydrogen-bond donors (Lipinski definition) is 1. The lowest BCUT2D eigenvalue weighted by atomic mass is 9.94. The van der Waals surface area contributed by atoms with Crippen molar-refractivity contribution in [2.24, 2.45) is 5.73 Å². The molecule has 0 saturated heterocycles. The van der Waals surface area contributed by atoms with Crippen LogP contribution in [0, 0.1) is 5.82 Å². The highest BCUT2D eigenvalue weighted by molar-refractivity contribution is 9.11. The molecule has 0 saturated carbocycles. The fourth-order valence-corrected chi connectivity index (χ4v) is 3.45. The largest absolute Gasteiger partial charge is 0.320 e. The van der Waals surface area contributed by atoms with Gasteiger partial charge in [-0.05, 0) is 46.2 Å². The summed E-state index contributed by atoms with van der Waals surface area (Å²) in [6.07, 6.45) is 0. The monoisotopic (exact) mass is 407 g/mol. The van der Waals surface area contributed by atoms with Crippen LogP contribution in [0.2, 0.25) is 0 Å². The van der Waals surface area contributed by atoms with Crippen molar-refractivity contribution in [2.45, 2.75) is 6.04 Å². The van der Waals surface area contributed by atoms with Crippen molar-refractivity contribution in [3.8, 4) is 0 Å². The Kier molecular flexibility index (Phi) is 4.11. The van der Waals surface area contributed by atoms with Gasteiger partial charge in [-0.3, -0.25) is 0 Å². The van der Waals surface area contributed by atoms with Crippen LogP contribution < -0.4 is 5.73 Å². The van der Waals surface area contributed by atoms with Gasteiger partial charge in [-0.1, -0.05) is 62.2 Å². The zero-order chi connectivity index (χ0) is 15.0. The second-order valence-electron chi connectivity index (χ2n) is 4.86. The van der Waals surface area contributed by atoms with Crippen molar-refractivity contribution in [1.29, 1.82) is 0 Å². The summed E-state index contributed by atoms with van der Waals surface area (Å²) < 4.78 is 15.3. The summed E-state index contributed by atoms with van der Waals surface area (Å²) in [5.74, 6) is -0.295. The number of hydrogen-bond acceptors (Lipinski definition) is 1. The van der Waals surface area contributed by atoms with E-state index in [1.54, 1.807) is 0 Å². The predicted octanol–water partition coefficient (Wildman–Crippen LogP) is 5.55. The van der Waals surface area contributed by atoms with E-state index in [-0.39, 0.29) is 11.9 Å². The van der Waals surface area contributed by atoms with Crippen LogP contribution in [-0.4, -0.2) is 0 Å². The summed E-state index contributed by atoms with van der Waals surface area (Å²) >= 11 is 6.86. The second-order valence-corrected chi connectivity index (χ2v) is 6.63. The first-order chi connectivity index (χ1) is 10.1. The van der Waals surface area contributed by atoms with Crippen LogP contribution in [0.5, 0.6) is 0 Å². The van der Waals surface area contributed by atoms with Crippen LogP contribution in [0.3, 0.4) is 0 Å². The molecule has 4 heteroatoms. The third-order valence-corrected chi connectivity index (χ3v) is 4.63. The van der Waals surface area contributed by atoms with Gasteiger partial charge in [0.25, 0.3) is 0 Å². The Labute approximate surface area is 139 Å². The lowest BCUT2D eigenvalue weighted by Crippen LogP contribution is -2.12. The maximum atomic E-state index is 13.6. The maximum absolute atomic E-state index is 13.6. The lowest BCUT2D eigenvalue weighted by Gasteiger charge is -2.16. The molecule has 1 unspecified atom stereocenters. The third-order valence-electron chi connectivity index (χ3n) is 3.48. The molecule has 2 N–H and O–H groups in total. The molecule has 0 amide bonds. The lowest BCUT2D eigenvalue weighted by molar-refractivity contribution is 0.622. The van der Waals surface area contributed by atoms with Gasteiger partial charge in [-0.2, -0.15) is 0 Å². The first kappa shape index (κ1) is 14.7. The number of nitrogens with two attached hydrogens (primary N) is 1. The molecule has 0 bridgehead atoms. The van der Waals surface area contributed by atoms with Gasteiger partial charge in [0.2, 0.25) is 0 Å². The van der Waals surface area contributed by atoms with Crippen LogP contribution in [-0.2, 0) is 0 Å². The Balaban J connectivity index is 2.18. The van der Waals surface area contributed by atoms with Gasteiger partial charge in [0.15, 0.2) is 0 Å². The van der Waals surface area contributed by atoms with E-state index in [1.165, 1.54) is 12.1 Å². The molecule has 1 atom stereocenters. The average Bonchev–Trinajstić information content (AvgIpc) is 2.46. The molecule has 21 heavy (non-hydrogen) atoms. The Morgan fingerprint density at radius 3 is 2.33 bits per heavy atom. The second kappa shape index (κ2) is 5.87. The van der Waals surface area contributed by atoms with Gasteiger partial charge >= 0.3 is 0 Å². The molecule has 3 rings (SSSR count). The van der Waals surface area contributed by atoms with Crippen molar-refractivity contribution in [3.05, 3.63) is 80.5 Å². The Bertz CT molecular complexity index is 797. The first-order valence-corrected chi connectivity index (χ1v) is 8.03. The molecule has 3 aromatic carbocycles. The summed E-state index contributed by atoms with van der Waals surface area (Å²) in [7, 11) is 0. The molecular weight excluding hydrogens is 397 g/mol. The fraction of sp³-hybridized carbons (Fsp3) is 0.0588. The van der Waals surface area contributed by atoms with Gasteiger partial charge in [-0.25, -0.2) is 4.39 Å². The Morgan fingerprint density at radius 1 is 0.905 bits per heavy atom. The molecule has 0 aliphatic rings. The van der Waals surface area contributed by atoms with Crippen LogP contribution in [0.4, 0.5) is 4.39 Å². The van der Waals surface area contributed by atoms with Crippen LogP contribution in [0.15, 0.2) is 63.5 Å². The van der Waals surface area contributed by atoms with Crippen molar-refractivity contribution in [2.75, 3.05) is 0 Å². The van der Waals surface area contributed by atoms with Crippen molar-refractivity contribution < 1.29 is 4.39 Å². The van der Waals surface area contributed by atoms with Gasteiger partial charge in [0, 0.05) is 8.95 Å². The Hall–Kier alpha value is -1.23. The van der Waals surface area contributed by atoms with Gasteiger partial charge in [-0.15, -0.1) is 0 Å². The minimum Gasteiger partial charge on any atom is -0.320 e. The SMILES string of the molecule is NC(c1cc(F)cc(Br)c1)c1ccc(Br)c2ccccc12. The predicted molar refractivity (Wildman–Crippen MR) is 91.8 cm³/mol.